The maximum Gasteiger partial charge on any atom is 0.412 e. The molecule has 0 aliphatic carbocycles. The lowest BCUT2D eigenvalue weighted by molar-refractivity contribution is -0.139. The molecule has 0 unspecified atom stereocenters. The molecule has 126 valence electrons. The molecule has 0 radical (unpaired) electrons. The summed E-state index contributed by atoms with van der Waals surface area (Å²) in [6.45, 7) is 4.90. The van der Waals surface area contributed by atoms with Crippen LogP contribution < -0.4 is 5.32 Å². The molecule has 2 amide bonds. The quantitative estimate of drug-likeness (QED) is 0.872. The molecule has 2 N–H and O–H groups in total. The number of nitrogens with zero attached hydrogens (tertiary/aromatic N) is 1. The Morgan fingerprint density at radius 3 is 2.61 bits per heavy atom. The average molecular weight is 324 g/mol. The number of hydrogen-bond acceptors (Lipinski definition) is 4. The number of halogens is 1. The van der Waals surface area contributed by atoms with Gasteiger partial charge in [-0.25, -0.2) is 9.18 Å². The van der Waals surface area contributed by atoms with Crippen LogP contribution in [-0.2, 0) is 9.53 Å². The molecule has 1 fully saturated rings. The largest absolute Gasteiger partial charge is 0.438 e. The molecule has 2 atom stereocenters. The minimum atomic E-state index is -1.52. The Bertz CT molecular complexity index is 620. The first-order chi connectivity index (χ1) is 10.7. The smallest absolute Gasteiger partial charge is 0.412 e. The molecular weight excluding hydrogens is 303 g/mol. The third kappa shape index (κ3) is 3.14. The van der Waals surface area contributed by atoms with Crippen LogP contribution in [0.4, 0.5) is 14.9 Å². The van der Waals surface area contributed by atoms with Crippen molar-refractivity contribution in [1.82, 2.24) is 4.90 Å². The normalized spacial score (nSPS) is 27.0. The van der Waals surface area contributed by atoms with E-state index in [1.54, 1.807) is 19.9 Å². The van der Waals surface area contributed by atoms with Gasteiger partial charge in [-0.1, -0.05) is 19.1 Å². The fourth-order valence-electron chi connectivity index (χ4n) is 2.51. The van der Waals surface area contributed by atoms with Crippen molar-refractivity contribution in [1.29, 1.82) is 0 Å². The zero-order valence-corrected chi connectivity index (χ0v) is 13.4. The number of para-hydroxylation sites is 1. The maximum absolute atomic E-state index is 13.5. The van der Waals surface area contributed by atoms with Gasteiger partial charge in [-0.3, -0.25) is 9.69 Å². The van der Waals surface area contributed by atoms with Crippen LogP contribution in [0.2, 0.25) is 0 Å². The summed E-state index contributed by atoms with van der Waals surface area (Å²) in [6, 6.07) is 5.81. The van der Waals surface area contributed by atoms with Crippen LogP contribution in [0, 0.1) is 5.82 Å². The lowest BCUT2D eigenvalue weighted by atomic mass is 9.91. The Morgan fingerprint density at radius 1 is 1.39 bits per heavy atom. The molecule has 1 aromatic rings. The fourth-order valence-corrected chi connectivity index (χ4v) is 2.51. The summed E-state index contributed by atoms with van der Waals surface area (Å²) in [4.78, 5) is 25.0. The number of anilines is 1. The number of carbonyl (C=O) groups excluding carboxylic acids is 2. The standard InChI is InChI=1S/C16H21FN2O4/c1-4-15(2)16(3,22)19(14(21)23-15)10-9-13(20)18-12-8-6-5-7-11(12)17/h5-8,22H,4,9-10H2,1-3H3,(H,18,20)/t15-,16-/m0/s1. The number of ether oxygens (including phenoxy) is 1. The van der Waals surface area contributed by atoms with E-state index in [4.69, 9.17) is 4.74 Å². The van der Waals surface area contributed by atoms with E-state index >= 15 is 0 Å². The van der Waals surface area contributed by atoms with E-state index in [1.807, 2.05) is 0 Å². The van der Waals surface area contributed by atoms with Crippen molar-refractivity contribution in [2.24, 2.45) is 0 Å². The molecule has 2 rings (SSSR count). The summed E-state index contributed by atoms with van der Waals surface area (Å²) in [6.07, 6.45) is -0.318. The summed E-state index contributed by atoms with van der Waals surface area (Å²) < 4.78 is 18.7. The average Bonchev–Trinajstić information content (AvgIpc) is 2.65. The van der Waals surface area contributed by atoms with Gasteiger partial charge in [-0.05, 0) is 32.4 Å². The molecule has 6 nitrogen and oxygen atoms in total. The van der Waals surface area contributed by atoms with Gasteiger partial charge in [0.25, 0.3) is 0 Å². The Balaban J connectivity index is 1.99. The summed E-state index contributed by atoms with van der Waals surface area (Å²) in [5.74, 6) is -0.990. The van der Waals surface area contributed by atoms with Gasteiger partial charge in [0, 0.05) is 13.0 Å². The van der Waals surface area contributed by atoms with E-state index in [0.717, 1.165) is 4.90 Å². The first-order valence-corrected chi connectivity index (χ1v) is 7.48. The van der Waals surface area contributed by atoms with Crippen molar-refractivity contribution in [3.63, 3.8) is 0 Å². The number of cyclic esters (lactones) is 1. The second-order valence-electron chi connectivity index (χ2n) is 5.90. The molecule has 7 heteroatoms. The summed E-state index contributed by atoms with van der Waals surface area (Å²) in [7, 11) is 0. The van der Waals surface area contributed by atoms with Gasteiger partial charge in [0.15, 0.2) is 11.3 Å². The highest BCUT2D eigenvalue weighted by Crippen LogP contribution is 2.39. The maximum atomic E-state index is 13.5. The molecule has 1 saturated heterocycles. The molecule has 0 bridgehead atoms. The third-order valence-electron chi connectivity index (χ3n) is 4.45. The van der Waals surface area contributed by atoms with Crippen molar-refractivity contribution in [2.75, 3.05) is 11.9 Å². The Hall–Kier alpha value is -2.15. The SMILES string of the molecule is CC[C@]1(C)OC(=O)N(CCC(=O)Nc2ccccc2F)[C@@]1(C)O. The van der Waals surface area contributed by atoms with Gasteiger partial charge >= 0.3 is 6.09 Å². The summed E-state index contributed by atoms with van der Waals surface area (Å²) >= 11 is 0. The second kappa shape index (κ2) is 6.16. The Morgan fingerprint density at radius 2 is 2.04 bits per heavy atom. The minimum absolute atomic E-state index is 0.0261. The number of nitrogens with one attached hydrogen (secondary N) is 1. The number of aliphatic hydroxyl groups is 1. The van der Waals surface area contributed by atoms with E-state index in [0.29, 0.717) is 6.42 Å². The van der Waals surface area contributed by atoms with Gasteiger partial charge in [0.05, 0.1) is 5.69 Å². The molecule has 0 spiro atoms. The first-order valence-electron chi connectivity index (χ1n) is 7.48. The third-order valence-corrected chi connectivity index (χ3v) is 4.45. The lowest BCUT2D eigenvalue weighted by Gasteiger charge is -2.36. The number of benzene rings is 1. The molecule has 1 aliphatic heterocycles. The van der Waals surface area contributed by atoms with E-state index in [1.165, 1.54) is 25.1 Å². The molecule has 1 aliphatic rings. The monoisotopic (exact) mass is 324 g/mol. The highest BCUT2D eigenvalue weighted by atomic mass is 19.1. The van der Waals surface area contributed by atoms with Crippen molar-refractivity contribution in [3.05, 3.63) is 30.1 Å². The molecule has 1 aromatic carbocycles. The molecule has 23 heavy (non-hydrogen) atoms. The number of carbonyl (C=O) groups is 2. The number of amides is 2. The van der Waals surface area contributed by atoms with Crippen molar-refractivity contribution < 1.29 is 23.8 Å². The van der Waals surface area contributed by atoms with E-state index < -0.39 is 29.1 Å². The van der Waals surface area contributed by atoms with Crippen LogP contribution in [0.3, 0.4) is 0 Å². The Labute approximate surface area is 134 Å². The van der Waals surface area contributed by atoms with E-state index in [-0.39, 0.29) is 18.7 Å². The minimum Gasteiger partial charge on any atom is -0.438 e. The van der Waals surface area contributed by atoms with Crippen LogP contribution in [0.1, 0.15) is 33.6 Å². The van der Waals surface area contributed by atoms with E-state index in [2.05, 4.69) is 5.32 Å². The van der Waals surface area contributed by atoms with Crippen LogP contribution in [-0.4, -0.2) is 39.9 Å². The van der Waals surface area contributed by atoms with Gasteiger partial charge in [0.2, 0.25) is 5.91 Å². The van der Waals surface area contributed by atoms with Crippen molar-refractivity contribution in [3.8, 4) is 0 Å². The van der Waals surface area contributed by atoms with Crippen LogP contribution in [0.5, 0.6) is 0 Å². The number of hydrogen-bond donors (Lipinski definition) is 2. The summed E-state index contributed by atoms with van der Waals surface area (Å²) in [5, 5.41) is 13.0. The lowest BCUT2D eigenvalue weighted by Crippen LogP contribution is -2.55. The Kier molecular flexibility index (Phi) is 4.61. The molecular formula is C16H21FN2O4. The van der Waals surface area contributed by atoms with Gasteiger partial charge in [-0.15, -0.1) is 0 Å². The zero-order valence-electron chi connectivity index (χ0n) is 13.4. The van der Waals surface area contributed by atoms with Crippen LogP contribution in [0.15, 0.2) is 24.3 Å². The van der Waals surface area contributed by atoms with Crippen molar-refractivity contribution >= 4 is 17.7 Å². The molecule has 1 heterocycles. The number of rotatable bonds is 5. The summed E-state index contributed by atoms with van der Waals surface area (Å²) in [5.41, 5.74) is -2.48. The molecule has 0 saturated carbocycles. The van der Waals surface area contributed by atoms with Gasteiger partial charge < -0.3 is 15.2 Å². The van der Waals surface area contributed by atoms with Gasteiger partial charge in [-0.2, -0.15) is 0 Å². The second-order valence-corrected chi connectivity index (χ2v) is 5.90. The highest BCUT2D eigenvalue weighted by Gasteiger charge is 2.58. The van der Waals surface area contributed by atoms with Crippen LogP contribution >= 0.6 is 0 Å². The van der Waals surface area contributed by atoms with Gasteiger partial charge in [0.1, 0.15) is 5.82 Å². The van der Waals surface area contributed by atoms with Crippen molar-refractivity contribution in [2.45, 2.75) is 44.9 Å². The first kappa shape index (κ1) is 17.2. The fraction of sp³-hybridized carbons (Fsp3) is 0.500. The van der Waals surface area contributed by atoms with Crippen LogP contribution in [0.25, 0.3) is 0 Å². The predicted octanol–water partition coefficient (Wildman–Crippen LogP) is 2.48. The highest BCUT2D eigenvalue weighted by molar-refractivity contribution is 5.91. The molecule has 0 aromatic heterocycles. The predicted molar refractivity (Wildman–Crippen MR) is 82.2 cm³/mol. The topological polar surface area (TPSA) is 78.9 Å². The van der Waals surface area contributed by atoms with E-state index in [9.17, 15) is 19.1 Å². The zero-order chi connectivity index (χ0) is 17.3.